The van der Waals surface area contributed by atoms with Crippen LogP contribution in [0.15, 0.2) is 12.4 Å². The molecule has 1 aromatic rings. The van der Waals surface area contributed by atoms with E-state index in [0.717, 1.165) is 32.5 Å². The van der Waals surface area contributed by atoms with Crippen molar-refractivity contribution in [1.29, 1.82) is 0 Å². The summed E-state index contributed by atoms with van der Waals surface area (Å²) in [4.78, 5) is 16.4. The quantitative estimate of drug-likeness (QED) is 0.868. The molecule has 20 heavy (non-hydrogen) atoms. The largest absolute Gasteiger partial charge is 0.317 e. The van der Waals surface area contributed by atoms with Crippen LogP contribution in [0.25, 0.3) is 0 Å². The fourth-order valence-corrected chi connectivity index (χ4v) is 2.71. The molecule has 2 N–H and O–H groups in total. The lowest BCUT2D eigenvalue weighted by Gasteiger charge is -2.14. The van der Waals surface area contributed by atoms with Crippen molar-refractivity contribution in [3.05, 3.63) is 12.4 Å². The second-order valence-electron chi connectivity index (χ2n) is 6.10. The molecule has 1 unspecified atom stereocenters. The lowest BCUT2D eigenvalue weighted by Crippen LogP contribution is -2.20. The number of hydrogen-bond acceptors (Lipinski definition) is 3. The van der Waals surface area contributed by atoms with Gasteiger partial charge in [-0.05, 0) is 44.2 Å². The van der Waals surface area contributed by atoms with Gasteiger partial charge in [-0.25, -0.2) is 4.98 Å². The Balaban J connectivity index is 1.86. The third kappa shape index (κ3) is 4.63. The van der Waals surface area contributed by atoms with Gasteiger partial charge in [-0.1, -0.05) is 13.8 Å². The normalized spacial score (nSPS) is 19.9. The maximum Gasteiger partial charge on any atom is 0.226 e. The first-order chi connectivity index (χ1) is 9.65. The Morgan fingerprint density at radius 1 is 1.50 bits per heavy atom. The smallest absolute Gasteiger partial charge is 0.226 e. The molecule has 112 valence electrons. The highest BCUT2D eigenvalue weighted by molar-refractivity contribution is 5.89. The Morgan fingerprint density at radius 2 is 2.35 bits per heavy atom. The third-order valence-electron chi connectivity index (χ3n) is 3.70. The summed E-state index contributed by atoms with van der Waals surface area (Å²) in [7, 11) is 0. The lowest BCUT2D eigenvalue weighted by molar-refractivity contribution is -0.117. The van der Waals surface area contributed by atoms with Gasteiger partial charge in [-0.3, -0.25) is 10.1 Å². The maximum atomic E-state index is 12.1. The molecule has 2 rings (SSSR count). The zero-order valence-electron chi connectivity index (χ0n) is 12.6. The molecule has 1 amide bonds. The van der Waals surface area contributed by atoms with Crippen molar-refractivity contribution < 1.29 is 4.79 Å². The Kier molecular flexibility index (Phi) is 5.59. The van der Waals surface area contributed by atoms with Gasteiger partial charge in [-0.15, -0.1) is 0 Å². The van der Waals surface area contributed by atoms with Gasteiger partial charge in [0.1, 0.15) is 0 Å². The number of carbonyl (C=O) groups excluding carboxylic acids is 1. The first kappa shape index (κ1) is 15.0. The molecule has 5 heteroatoms. The van der Waals surface area contributed by atoms with Gasteiger partial charge in [0.2, 0.25) is 11.9 Å². The van der Waals surface area contributed by atoms with E-state index in [1.807, 2.05) is 10.8 Å². The van der Waals surface area contributed by atoms with Crippen LogP contribution < -0.4 is 10.6 Å². The van der Waals surface area contributed by atoms with Crippen LogP contribution in [0.4, 0.5) is 5.95 Å². The van der Waals surface area contributed by atoms with Crippen molar-refractivity contribution in [3.8, 4) is 0 Å². The minimum Gasteiger partial charge on any atom is -0.317 e. The molecule has 1 fully saturated rings. The standard InChI is InChI=1S/C15H26N4O/c1-12(2)11-19-9-8-17-15(19)18-14(20)10-13-4-3-6-16-7-5-13/h8-9,12-13,16H,3-7,10-11H2,1-2H3,(H,17,18,20). The summed E-state index contributed by atoms with van der Waals surface area (Å²) in [6.07, 6.45) is 7.67. The molecule has 1 aliphatic rings. The highest BCUT2D eigenvalue weighted by Crippen LogP contribution is 2.18. The molecular weight excluding hydrogens is 252 g/mol. The summed E-state index contributed by atoms with van der Waals surface area (Å²) < 4.78 is 2.01. The highest BCUT2D eigenvalue weighted by Gasteiger charge is 2.17. The summed E-state index contributed by atoms with van der Waals surface area (Å²) >= 11 is 0. The van der Waals surface area contributed by atoms with E-state index in [2.05, 4.69) is 29.5 Å². The van der Waals surface area contributed by atoms with Crippen molar-refractivity contribution in [2.75, 3.05) is 18.4 Å². The van der Waals surface area contributed by atoms with Crippen molar-refractivity contribution in [1.82, 2.24) is 14.9 Å². The number of aromatic nitrogens is 2. The zero-order valence-corrected chi connectivity index (χ0v) is 12.6. The number of amides is 1. The second-order valence-corrected chi connectivity index (χ2v) is 6.10. The monoisotopic (exact) mass is 278 g/mol. The molecule has 0 spiro atoms. The Labute approximate surface area is 121 Å². The third-order valence-corrected chi connectivity index (χ3v) is 3.70. The summed E-state index contributed by atoms with van der Waals surface area (Å²) in [6, 6.07) is 0. The molecule has 0 aliphatic carbocycles. The Bertz CT molecular complexity index is 419. The van der Waals surface area contributed by atoms with Gasteiger partial charge in [0, 0.05) is 25.4 Å². The summed E-state index contributed by atoms with van der Waals surface area (Å²) in [5.74, 6) is 1.80. The molecule has 5 nitrogen and oxygen atoms in total. The molecule has 0 radical (unpaired) electrons. The van der Waals surface area contributed by atoms with Crippen LogP contribution in [-0.4, -0.2) is 28.5 Å². The number of hydrogen-bond donors (Lipinski definition) is 2. The maximum absolute atomic E-state index is 12.1. The van der Waals surface area contributed by atoms with Gasteiger partial charge in [-0.2, -0.15) is 0 Å². The summed E-state index contributed by atoms with van der Waals surface area (Å²) in [5, 5.41) is 6.33. The summed E-state index contributed by atoms with van der Waals surface area (Å²) in [5.41, 5.74) is 0. The molecular formula is C15H26N4O. The van der Waals surface area contributed by atoms with E-state index in [0.29, 0.717) is 24.2 Å². The Hall–Kier alpha value is -1.36. The first-order valence-electron chi connectivity index (χ1n) is 7.67. The number of nitrogens with zero attached hydrogens (tertiary/aromatic N) is 2. The van der Waals surface area contributed by atoms with E-state index in [1.54, 1.807) is 6.20 Å². The van der Waals surface area contributed by atoms with Crippen LogP contribution >= 0.6 is 0 Å². The Morgan fingerprint density at radius 3 is 3.15 bits per heavy atom. The predicted molar refractivity (Wildman–Crippen MR) is 80.5 cm³/mol. The second kappa shape index (κ2) is 7.43. The van der Waals surface area contributed by atoms with Gasteiger partial charge >= 0.3 is 0 Å². The number of carbonyl (C=O) groups is 1. The van der Waals surface area contributed by atoms with Crippen molar-refractivity contribution in [2.24, 2.45) is 11.8 Å². The number of anilines is 1. The van der Waals surface area contributed by atoms with Crippen molar-refractivity contribution in [3.63, 3.8) is 0 Å². The topological polar surface area (TPSA) is 59.0 Å². The molecule has 2 heterocycles. The van der Waals surface area contributed by atoms with Crippen LogP contribution in [0.2, 0.25) is 0 Å². The van der Waals surface area contributed by atoms with Crippen LogP contribution in [-0.2, 0) is 11.3 Å². The van der Waals surface area contributed by atoms with Crippen molar-refractivity contribution >= 4 is 11.9 Å². The van der Waals surface area contributed by atoms with E-state index < -0.39 is 0 Å². The van der Waals surface area contributed by atoms with E-state index in [9.17, 15) is 4.79 Å². The molecule has 1 aromatic heterocycles. The first-order valence-corrected chi connectivity index (χ1v) is 7.67. The van der Waals surface area contributed by atoms with Crippen LogP contribution in [0.5, 0.6) is 0 Å². The number of nitrogens with one attached hydrogen (secondary N) is 2. The van der Waals surface area contributed by atoms with Gasteiger partial charge in [0.05, 0.1) is 0 Å². The average molecular weight is 278 g/mol. The molecule has 1 atom stereocenters. The number of imidazole rings is 1. The van der Waals surface area contributed by atoms with Gasteiger partial charge in [0.15, 0.2) is 0 Å². The van der Waals surface area contributed by atoms with Gasteiger partial charge in [0.25, 0.3) is 0 Å². The van der Waals surface area contributed by atoms with E-state index >= 15 is 0 Å². The molecule has 1 saturated heterocycles. The van der Waals surface area contributed by atoms with Crippen LogP contribution in [0.1, 0.15) is 39.5 Å². The van der Waals surface area contributed by atoms with Crippen molar-refractivity contribution in [2.45, 2.75) is 46.1 Å². The summed E-state index contributed by atoms with van der Waals surface area (Å²) in [6.45, 7) is 7.30. The molecule has 0 bridgehead atoms. The van der Waals surface area contributed by atoms with Crippen LogP contribution in [0.3, 0.4) is 0 Å². The SMILES string of the molecule is CC(C)Cn1ccnc1NC(=O)CC1CCCNCC1. The van der Waals surface area contributed by atoms with E-state index in [4.69, 9.17) is 0 Å². The minimum absolute atomic E-state index is 0.0908. The fourth-order valence-electron chi connectivity index (χ4n) is 2.71. The van der Waals surface area contributed by atoms with Gasteiger partial charge < -0.3 is 9.88 Å². The van der Waals surface area contributed by atoms with Crippen LogP contribution in [0, 0.1) is 11.8 Å². The average Bonchev–Trinajstić information content (AvgIpc) is 2.64. The minimum atomic E-state index is 0.0908. The zero-order chi connectivity index (χ0) is 14.4. The highest BCUT2D eigenvalue weighted by atomic mass is 16.1. The molecule has 0 saturated carbocycles. The molecule has 1 aliphatic heterocycles. The van der Waals surface area contributed by atoms with E-state index in [-0.39, 0.29) is 5.91 Å². The number of rotatable bonds is 5. The molecule has 0 aromatic carbocycles. The fraction of sp³-hybridized carbons (Fsp3) is 0.733. The predicted octanol–water partition coefficient (Wildman–Crippen LogP) is 2.26. The lowest BCUT2D eigenvalue weighted by atomic mass is 9.97. The van der Waals surface area contributed by atoms with E-state index in [1.165, 1.54) is 6.42 Å².